The van der Waals surface area contributed by atoms with Crippen molar-refractivity contribution in [3.63, 3.8) is 0 Å². The Hall–Kier alpha value is -0.730. The summed E-state index contributed by atoms with van der Waals surface area (Å²) in [7, 11) is 3.75. The standard InChI is InChI=1S/C16H24ClNO/c1-11(2)12-8-16(9-12,10-18-3)14-7-13(17)5-6-15(14)19-4/h5-7,11-12,18H,8-10H2,1-4H3. The van der Waals surface area contributed by atoms with Gasteiger partial charge in [0.15, 0.2) is 0 Å². The van der Waals surface area contributed by atoms with Crippen molar-refractivity contribution in [1.29, 1.82) is 0 Å². The van der Waals surface area contributed by atoms with Crippen LogP contribution >= 0.6 is 11.6 Å². The van der Waals surface area contributed by atoms with Crippen molar-refractivity contribution in [3.8, 4) is 5.75 Å². The Labute approximate surface area is 121 Å². The van der Waals surface area contributed by atoms with Crippen LogP contribution in [0.2, 0.25) is 5.02 Å². The van der Waals surface area contributed by atoms with Gasteiger partial charge in [-0.3, -0.25) is 0 Å². The number of likely N-dealkylation sites (N-methyl/N-ethyl adjacent to an activating group) is 1. The van der Waals surface area contributed by atoms with E-state index in [0.717, 1.165) is 29.2 Å². The van der Waals surface area contributed by atoms with Gasteiger partial charge in [0.25, 0.3) is 0 Å². The van der Waals surface area contributed by atoms with Gasteiger partial charge in [0, 0.05) is 22.5 Å². The van der Waals surface area contributed by atoms with Crippen molar-refractivity contribution in [2.24, 2.45) is 11.8 Å². The van der Waals surface area contributed by atoms with Crippen molar-refractivity contribution < 1.29 is 4.74 Å². The van der Waals surface area contributed by atoms with E-state index in [-0.39, 0.29) is 5.41 Å². The minimum Gasteiger partial charge on any atom is -0.496 e. The van der Waals surface area contributed by atoms with Gasteiger partial charge in [-0.25, -0.2) is 0 Å². The van der Waals surface area contributed by atoms with Crippen molar-refractivity contribution in [2.75, 3.05) is 20.7 Å². The molecule has 1 aromatic carbocycles. The number of hydrogen-bond acceptors (Lipinski definition) is 2. The molecule has 0 bridgehead atoms. The molecule has 0 atom stereocenters. The monoisotopic (exact) mass is 281 g/mol. The molecule has 1 aliphatic rings. The van der Waals surface area contributed by atoms with Crippen LogP contribution < -0.4 is 10.1 Å². The summed E-state index contributed by atoms with van der Waals surface area (Å²) in [5.41, 5.74) is 1.44. The third-order valence-corrected chi connectivity index (χ3v) is 4.73. The summed E-state index contributed by atoms with van der Waals surface area (Å²) < 4.78 is 5.54. The SMILES string of the molecule is CNCC1(c2cc(Cl)ccc2OC)CC(C(C)C)C1. The second kappa shape index (κ2) is 5.72. The lowest BCUT2D eigenvalue weighted by Gasteiger charge is -2.50. The van der Waals surface area contributed by atoms with Crippen LogP contribution in [0, 0.1) is 11.8 Å². The molecule has 1 fully saturated rings. The van der Waals surface area contributed by atoms with Crippen LogP contribution in [0.5, 0.6) is 5.75 Å². The number of ether oxygens (including phenoxy) is 1. The van der Waals surface area contributed by atoms with Crippen LogP contribution in [0.1, 0.15) is 32.3 Å². The predicted octanol–water partition coefficient (Wildman–Crippen LogP) is 3.87. The zero-order chi connectivity index (χ0) is 14.0. The number of rotatable bonds is 5. The number of benzene rings is 1. The van der Waals surface area contributed by atoms with Gasteiger partial charge < -0.3 is 10.1 Å². The van der Waals surface area contributed by atoms with E-state index in [1.807, 2.05) is 19.2 Å². The third kappa shape index (κ3) is 2.75. The summed E-state index contributed by atoms with van der Waals surface area (Å²) in [6.45, 7) is 5.60. The van der Waals surface area contributed by atoms with Crippen LogP contribution in [0.4, 0.5) is 0 Å². The van der Waals surface area contributed by atoms with E-state index in [1.165, 1.54) is 18.4 Å². The smallest absolute Gasteiger partial charge is 0.122 e. The molecule has 0 saturated heterocycles. The van der Waals surface area contributed by atoms with Crippen molar-refractivity contribution in [2.45, 2.75) is 32.1 Å². The van der Waals surface area contributed by atoms with Gasteiger partial charge in [0.05, 0.1) is 7.11 Å². The minimum atomic E-state index is 0.180. The molecule has 3 heteroatoms. The Morgan fingerprint density at radius 2 is 2.11 bits per heavy atom. The van der Waals surface area contributed by atoms with E-state index in [0.29, 0.717) is 0 Å². The molecule has 2 nitrogen and oxygen atoms in total. The maximum Gasteiger partial charge on any atom is 0.122 e. The van der Waals surface area contributed by atoms with Crippen molar-refractivity contribution in [3.05, 3.63) is 28.8 Å². The third-order valence-electron chi connectivity index (χ3n) is 4.50. The van der Waals surface area contributed by atoms with Crippen LogP contribution in [0.15, 0.2) is 18.2 Å². The molecular formula is C16H24ClNO. The van der Waals surface area contributed by atoms with Crippen LogP contribution in [-0.2, 0) is 5.41 Å². The zero-order valence-electron chi connectivity index (χ0n) is 12.3. The first-order valence-electron chi connectivity index (χ1n) is 7.01. The Balaban J connectivity index is 2.33. The summed E-state index contributed by atoms with van der Waals surface area (Å²) in [5, 5.41) is 4.13. The van der Waals surface area contributed by atoms with Gasteiger partial charge in [-0.05, 0) is 49.9 Å². The summed E-state index contributed by atoms with van der Waals surface area (Å²) in [6.07, 6.45) is 2.42. The molecule has 1 aromatic rings. The average molecular weight is 282 g/mol. The van der Waals surface area contributed by atoms with E-state index < -0.39 is 0 Å². The fourth-order valence-corrected chi connectivity index (χ4v) is 3.48. The second-order valence-electron chi connectivity index (χ2n) is 6.07. The highest BCUT2D eigenvalue weighted by molar-refractivity contribution is 6.30. The Morgan fingerprint density at radius 1 is 1.42 bits per heavy atom. The molecule has 1 aliphatic carbocycles. The fraction of sp³-hybridized carbons (Fsp3) is 0.625. The molecule has 106 valence electrons. The highest BCUT2D eigenvalue weighted by Gasteiger charge is 2.47. The Bertz CT molecular complexity index is 438. The van der Waals surface area contributed by atoms with Crippen molar-refractivity contribution in [1.82, 2.24) is 5.32 Å². The summed E-state index contributed by atoms with van der Waals surface area (Å²) in [6, 6.07) is 5.96. The number of hydrogen-bond donors (Lipinski definition) is 1. The first-order chi connectivity index (χ1) is 9.02. The van der Waals surface area contributed by atoms with E-state index in [9.17, 15) is 0 Å². The van der Waals surface area contributed by atoms with Crippen LogP contribution in [-0.4, -0.2) is 20.7 Å². The molecule has 1 N–H and O–H groups in total. The zero-order valence-corrected chi connectivity index (χ0v) is 13.1. The van der Waals surface area contributed by atoms with Gasteiger partial charge in [-0.2, -0.15) is 0 Å². The Morgan fingerprint density at radius 3 is 2.63 bits per heavy atom. The van der Waals surface area contributed by atoms with Crippen molar-refractivity contribution >= 4 is 11.6 Å². The molecule has 0 aromatic heterocycles. The molecule has 0 aliphatic heterocycles. The van der Waals surface area contributed by atoms with Gasteiger partial charge in [-0.1, -0.05) is 25.4 Å². The molecule has 1 saturated carbocycles. The lowest BCUT2D eigenvalue weighted by molar-refractivity contribution is 0.0971. The quantitative estimate of drug-likeness (QED) is 0.885. The van der Waals surface area contributed by atoms with Crippen LogP contribution in [0.3, 0.4) is 0 Å². The largest absolute Gasteiger partial charge is 0.496 e. The number of halogens is 1. The number of methoxy groups -OCH3 is 1. The van der Waals surface area contributed by atoms with Gasteiger partial charge >= 0.3 is 0 Å². The molecule has 2 rings (SSSR count). The average Bonchev–Trinajstić information content (AvgIpc) is 2.32. The summed E-state index contributed by atoms with van der Waals surface area (Å²) in [4.78, 5) is 0. The molecule has 19 heavy (non-hydrogen) atoms. The molecule has 0 heterocycles. The molecule has 0 spiro atoms. The fourth-order valence-electron chi connectivity index (χ4n) is 3.31. The number of nitrogens with one attached hydrogen (secondary N) is 1. The highest BCUT2D eigenvalue weighted by atomic mass is 35.5. The summed E-state index contributed by atoms with van der Waals surface area (Å²) in [5.74, 6) is 2.51. The first-order valence-corrected chi connectivity index (χ1v) is 7.39. The van der Waals surface area contributed by atoms with E-state index in [4.69, 9.17) is 16.3 Å². The Kier molecular flexibility index (Phi) is 4.42. The second-order valence-corrected chi connectivity index (χ2v) is 6.50. The highest BCUT2D eigenvalue weighted by Crippen LogP contribution is 2.53. The van der Waals surface area contributed by atoms with E-state index >= 15 is 0 Å². The molecular weight excluding hydrogens is 258 g/mol. The van der Waals surface area contributed by atoms with E-state index in [2.05, 4.69) is 25.2 Å². The lowest BCUT2D eigenvalue weighted by atomic mass is 9.55. The minimum absolute atomic E-state index is 0.180. The summed E-state index contributed by atoms with van der Waals surface area (Å²) >= 11 is 6.18. The maximum atomic E-state index is 6.18. The normalized spacial score (nSPS) is 26.3. The first kappa shape index (κ1) is 14.7. The van der Waals surface area contributed by atoms with Gasteiger partial charge in [0.2, 0.25) is 0 Å². The van der Waals surface area contributed by atoms with E-state index in [1.54, 1.807) is 7.11 Å². The van der Waals surface area contributed by atoms with Crippen LogP contribution in [0.25, 0.3) is 0 Å². The van der Waals surface area contributed by atoms with Gasteiger partial charge in [0.1, 0.15) is 5.75 Å². The maximum absolute atomic E-state index is 6.18. The lowest BCUT2D eigenvalue weighted by Crippen LogP contribution is -2.49. The predicted molar refractivity (Wildman–Crippen MR) is 81.2 cm³/mol. The molecule has 0 radical (unpaired) electrons. The molecule has 0 amide bonds. The topological polar surface area (TPSA) is 21.3 Å². The van der Waals surface area contributed by atoms with Gasteiger partial charge in [-0.15, -0.1) is 0 Å². The molecule has 0 unspecified atom stereocenters.